The van der Waals surface area contributed by atoms with Gasteiger partial charge in [0, 0.05) is 0 Å². The van der Waals surface area contributed by atoms with E-state index in [-0.39, 0.29) is 34.6 Å². The van der Waals surface area contributed by atoms with Gasteiger partial charge >= 0.3 is 11.9 Å². The molecule has 10 atom stereocenters. The van der Waals surface area contributed by atoms with Gasteiger partial charge in [-0.2, -0.15) is 0 Å². The zero-order valence-electron chi connectivity index (χ0n) is 24.5. The van der Waals surface area contributed by atoms with Crippen molar-refractivity contribution in [2.24, 2.45) is 63.6 Å². The van der Waals surface area contributed by atoms with Crippen LogP contribution in [0.4, 0.5) is 0 Å². The fourth-order valence-corrected chi connectivity index (χ4v) is 10.7. The molecule has 4 rings (SSSR count). The van der Waals surface area contributed by atoms with Gasteiger partial charge in [0.05, 0.1) is 26.1 Å². The monoisotopic (exact) mass is 502 g/mol. The molecule has 4 heteroatoms. The number of fused-ring (bicyclic) bond motifs is 5. The van der Waals surface area contributed by atoms with E-state index >= 15 is 0 Å². The van der Waals surface area contributed by atoms with Crippen molar-refractivity contribution in [2.45, 2.75) is 112 Å². The Labute approximate surface area is 221 Å². The first-order chi connectivity index (χ1) is 16.9. The van der Waals surface area contributed by atoms with Crippen LogP contribution < -0.4 is 0 Å². The highest BCUT2D eigenvalue weighted by molar-refractivity contribution is 5.73. The average Bonchev–Trinajstić information content (AvgIpc) is 3.12. The summed E-state index contributed by atoms with van der Waals surface area (Å²) in [7, 11) is 3.13. The molecule has 0 aliphatic heterocycles. The molecule has 0 aromatic carbocycles. The zero-order valence-corrected chi connectivity index (χ0v) is 24.5. The Hall–Kier alpha value is -1.06. The molecule has 10 unspecified atom stereocenters. The van der Waals surface area contributed by atoms with Crippen LogP contribution in [0.1, 0.15) is 112 Å². The zero-order chi connectivity index (χ0) is 26.5. The van der Waals surface area contributed by atoms with Gasteiger partial charge in [0.1, 0.15) is 0 Å². The van der Waals surface area contributed by atoms with E-state index < -0.39 is 0 Å². The van der Waals surface area contributed by atoms with Crippen molar-refractivity contribution >= 4 is 11.9 Å². The molecule has 0 amide bonds. The second-order valence-electron chi connectivity index (χ2n) is 14.4. The lowest BCUT2D eigenvalue weighted by molar-refractivity contribution is -0.183. The van der Waals surface area contributed by atoms with Crippen LogP contribution >= 0.6 is 0 Å². The van der Waals surface area contributed by atoms with Gasteiger partial charge in [0.25, 0.3) is 0 Å². The number of methoxy groups -OCH3 is 2. The average molecular weight is 503 g/mol. The minimum atomic E-state index is -0.000178. The molecule has 0 aromatic heterocycles. The molecule has 206 valence electrons. The van der Waals surface area contributed by atoms with Gasteiger partial charge in [-0.1, -0.05) is 54.4 Å². The van der Waals surface area contributed by atoms with Crippen LogP contribution in [0, 0.1) is 63.6 Å². The van der Waals surface area contributed by atoms with E-state index in [2.05, 4.69) is 41.5 Å². The Morgan fingerprint density at radius 2 is 1.47 bits per heavy atom. The highest BCUT2D eigenvalue weighted by Gasteiger charge is 2.67. The van der Waals surface area contributed by atoms with Gasteiger partial charge in [0.15, 0.2) is 0 Å². The molecule has 0 N–H and O–H groups in total. The highest BCUT2D eigenvalue weighted by atomic mass is 16.5. The van der Waals surface area contributed by atoms with E-state index in [1.807, 2.05) is 0 Å². The van der Waals surface area contributed by atoms with Gasteiger partial charge in [-0.25, -0.2) is 0 Å². The Morgan fingerprint density at radius 1 is 0.806 bits per heavy atom. The number of hydrogen-bond donors (Lipinski definition) is 0. The summed E-state index contributed by atoms with van der Waals surface area (Å²) in [6.07, 6.45) is 12.8. The van der Waals surface area contributed by atoms with Crippen LogP contribution in [-0.4, -0.2) is 26.2 Å². The van der Waals surface area contributed by atoms with Crippen molar-refractivity contribution in [3.63, 3.8) is 0 Å². The molecule has 0 aromatic rings. The molecule has 0 radical (unpaired) electrons. The normalized spacial score (nSPS) is 44.8. The standard InChI is InChI=1S/C32H54O4/c1-20(2)10-9-11-23(29(34)36-8)25-15-18-32(6)27-13-12-24-21(3)22(28(33)35-7)14-17-30(24,4)26(27)16-19-31(25,32)5/h20-27H,9-19H2,1-8H3. The molecule has 36 heavy (non-hydrogen) atoms. The molecule has 0 heterocycles. The largest absolute Gasteiger partial charge is 0.469 e. The third kappa shape index (κ3) is 4.25. The fourth-order valence-electron chi connectivity index (χ4n) is 10.7. The Bertz CT molecular complexity index is 821. The summed E-state index contributed by atoms with van der Waals surface area (Å²) in [6.45, 7) is 14.6. The number of carbonyl (C=O) groups is 2. The maximum atomic E-state index is 13.1. The van der Waals surface area contributed by atoms with Gasteiger partial charge in [-0.3, -0.25) is 9.59 Å². The van der Waals surface area contributed by atoms with Crippen molar-refractivity contribution in [3.8, 4) is 0 Å². The molecule has 4 nitrogen and oxygen atoms in total. The number of rotatable bonds is 7. The summed E-state index contributed by atoms with van der Waals surface area (Å²) < 4.78 is 10.6. The predicted octanol–water partition coefficient (Wildman–Crippen LogP) is 7.69. The van der Waals surface area contributed by atoms with E-state index in [4.69, 9.17) is 9.47 Å². The SMILES string of the molecule is COC(=O)C1CCC2(C)C(CCC3C2CCC2(C)C(C(CCCC(C)C)C(=O)OC)CCC32C)C1C. The van der Waals surface area contributed by atoms with Crippen LogP contribution in [0.2, 0.25) is 0 Å². The van der Waals surface area contributed by atoms with Crippen molar-refractivity contribution in [3.05, 3.63) is 0 Å². The summed E-state index contributed by atoms with van der Waals surface area (Å²) in [5.41, 5.74) is 0.790. The number of carbonyl (C=O) groups excluding carboxylic acids is 2. The second kappa shape index (κ2) is 10.3. The molecule has 4 fully saturated rings. The summed E-state index contributed by atoms with van der Waals surface area (Å²) in [5.74, 6) is 3.71. The fraction of sp³-hybridized carbons (Fsp3) is 0.938. The van der Waals surface area contributed by atoms with Gasteiger partial charge in [0.2, 0.25) is 0 Å². The van der Waals surface area contributed by atoms with Crippen molar-refractivity contribution in [2.75, 3.05) is 14.2 Å². The Balaban J connectivity index is 1.58. The van der Waals surface area contributed by atoms with E-state index in [0.29, 0.717) is 29.1 Å². The first-order valence-corrected chi connectivity index (χ1v) is 15.1. The molecule has 4 aliphatic carbocycles. The molecule has 0 bridgehead atoms. The molecular formula is C32H54O4. The van der Waals surface area contributed by atoms with Crippen LogP contribution in [0.5, 0.6) is 0 Å². The van der Waals surface area contributed by atoms with Crippen molar-refractivity contribution < 1.29 is 19.1 Å². The first-order valence-electron chi connectivity index (χ1n) is 15.1. The molecular weight excluding hydrogens is 448 g/mol. The minimum Gasteiger partial charge on any atom is -0.469 e. The third-order valence-corrected chi connectivity index (χ3v) is 12.9. The molecule has 4 saturated carbocycles. The predicted molar refractivity (Wildman–Crippen MR) is 144 cm³/mol. The van der Waals surface area contributed by atoms with Crippen LogP contribution in [0.3, 0.4) is 0 Å². The molecule has 0 spiro atoms. The minimum absolute atomic E-state index is 0.000178. The topological polar surface area (TPSA) is 52.6 Å². The quantitative estimate of drug-likeness (QED) is 0.335. The smallest absolute Gasteiger partial charge is 0.308 e. The number of hydrogen-bond acceptors (Lipinski definition) is 4. The van der Waals surface area contributed by atoms with Crippen molar-refractivity contribution in [1.82, 2.24) is 0 Å². The summed E-state index contributed by atoms with van der Waals surface area (Å²) in [6, 6.07) is 0. The maximum absolute atomic E-state index is 13.1. The summed E-state index contributed by atoms with van der Waals surface area (Å²) in [4.78, 5) is 25.6. The van der Waals surface area contributed by atoms with Crippen LogP contribution in [0.15, 0.2) is 0 Å². The Morgan fingerprint density at radius 3 is 2.11 bits per heavy atom. The lowest BCUT2D eigenvalue weighted by Gasteiger charge is -2.66. The maximum Gasteiger partial charge on any atom is 0.308 e. The van der Waals surface area contributed by atoms with E-state index in [1.165, 1.54) is 44.9 Å². The van der Waals surface area contributed by atoms with E-state index in [9.17, 15) is 9.59 Å². The lowest BCUT2D eigenvalue weighted by atomic mass is 9.39. The van der Waals surface area contributed by atoms with Crippen molar-refractivity contribution in [1.29, 1.82) is 0 Å². The summed E-state index contributed by atoms with van der Waals surface area (Å²) >= 11 is 0. The van der Waals surface area contributed by atoms with E-state index in [0.717, 1.165) is 37.5 Å². The lowest BCUT2D eigenvalue weighted by Crippen LogP contribution is -2.59. The molecule has 0 saturated heterocycles. The van der Waals surface area contributed by atoms with Crippen LogP contribution in [-0.2, 0) is 19.1 Å². The van der Waals surface area contributed by atoms with Gasteiger partial charge < -0.3 is 9.47 Å². The summed E-state index contributed by atoms with van der Waals surface area (Å²) in [5, 5.41) is 0. The second-order valence-corrected chi connectivity index (χ2v) is 14.4. The van der Waals surface area contributed by atoms with E-state index in [1.54, 1.807) is 14.2 Å². The third-order valence-electron chi connectivity index (χ3n) is 12.9. The molecule has 4 aliphatic rings. The Kier molecular flexibility index (Phi) is 7.96. The van der Waals surface area contributed by atoms with Crippen LogP contribution in [0.25, 0.3) is 0 Å². The van der Waals surface area contributed by atoms with Gasteiger partial charge in [-0.15, -0.1) is 0 Å². The van der Waals surface area contributed by atoms with Gasteiger partial charge in [-0.05, 0) is 110 Å². The first kappa shape index (κ1) is 28.0. The number of ether oxygens (including phenoxy) is 2. The number of esters is 2. The highest BCUT2D eigenvalue weighted by Crippen LogP contribution is 2.74.